The van der Waals surface area contributed by atoms with E-state index in [0.717, 1.165) is 11.0 Å². The fraction of sp³-hybridized carbons (Fsp3) is 0.357. The van der Waals surface area contributed by atoms with Crippen molar-refractivity contribution in [1.82, 2.24) is 5.32 Å². The summed E-state index contributed by atoms with van der Waals surface area (Å²) >= 11 is 0. The minimum Gasteiger partial charge on any atom is -0.350 e. The quantitative estimate of drug-likeness (QED) is 0.839. The van der Waals surface area contributed by atoms with Crippen LogP contribution in [-0.2, 0) is 9.59 Å². The zero-order valence-corrected chi connectivity index (χ0v) is 11.8. The molecule has 1 aromatic rings. The molecule has 1 aliphatic rings. The van der Waals surface area contributed by atoms with E-state index in [4.69, 9.17) is 0 Å². The van der Waals surface area contributed by atoms with E-state index in [0.29, 0.717) is 6.07 Å². The van der Waals surface area contributed by atoms with Crippen molar-refractivity contribution in [3.63, 3.8) is 0 Å². The maximum absolute atomic E-state index is 13.8. The Morgan fingerprint density at radius 2 is 1.86 bits per heavy atom. The molecule has 1 aliphatic heterocycles. The molecule has 0 bridgehead atoms. The number of benzene rings is 1. The number of ketones is 1. The van der Waals surface area contributed by atoms with Gasteiger partial charge in [-0.1, -0.05) is 0 Å². The predicted octanol–water partition coefficient (Wildman–Crippen LogP) is 1.41. The molecule has 2 amide bonds. The second-order valence-corrected chi connectivity index (χ2v) is 5.80. The van der Waals surface area contributed by atoms with Gasteiger partial charge >= 0.3 is 0 Å². The summed E-state index contributed by atoms with van der Waals surface area (Å²) in [4.78, 5) is 36.1. The van der Waals surface area contributed by atoms with E-state index in [-0.39, 0.29) is 11.3 Å². The van der Waals surface area contributed by atoms with Crippen molar-refractivity contribution in [2.75, 3.05) is 11.4 Å². The first-order valence-corrected chi connectivity index (χ1v) is 6.26. The van der Waals surface area contributed by atoms with Gasteiger partial charge in [0.2, 0.25) is 5.91 Å². The molecule has 5 nitrogen and oxygen atoms in total. The van der Waals surface area contributed by atoms with Crippen LogP contribution >= 0.6 is 0 Å². The zero-order chi connectivity index (χ0) is 15.9. The number of nitrogens with one attached hydrogen (secondary N) is 1. The van der Waals surface area contributed by atoms with Gasteiger partial charge in [0.05, 0.1) is 11.3 Å². The van der Waals surface area contributed by atoms with Gasteiger partial charge in [0.1, 0.15) is 12.4 Å². The normalized spacial score (nSPS) is 14.4. The van der Waals surface area contributed by atoms with Crippen LogP contribution < -0.4 is 10.2 Å². The van der Waals surface area contributed by atoms with E-state index in [9.17, 15) is 23.2 Å². The lowest BCUT2D eigenvalue weighted by atomic mass is 10.1. The highest BCUT2D eigenvalue weighted by molar-refractivity contribution is 6.52. The third kappa shape index (κ3) is 2.91. The molecule has 0 unspecified atom stereocenters. The summed E-state index contributed by atoms with van der Waals surface area (Å²) < 4.78 is 27.0. The van der Waals surface area contributed by atoms with Crippen LogP contribution in [0.3, 0.4) is 0 Å². The van der Waals surface area contributed by atoms with Crippen LogP contribution in [-0.4, -0.2) is 29.7 Å². The van der Waals surface area contributed by atoms with Crippen LogP contribution in [0.5, 0.6) is 0 Å². The first kappa shape index (κ1) is 15.1. The topological polar surface area (TPSA) is 66.5 Å². The average Bonchev–Trinajstić information content (AvgIpc) is 2.52. The summed E-state index contributed by atoms with van der Waals surface area (Å²) in [6.07, 6.45) is 0. The molecule has 0 spiro atoms. The fourth-order valence-corrected chi connectivity index (χ4v) is 2.10. The zero-order valence-electron chi connectivity index (χ0n) is 11.8. The smallest absolute Gasteiger partial charge is 0.300 e. The number of Topliss-reactive ketones (excluding diaryl/α,β-unsaturated/α-hetero) is 1. The number of anilines is 1. The molecule has 0 saturated heterocycles. The number of amides is 2. The summed E-state index contributed by atoms with van der Waals surface area (Å²) in [5.41, 5.74) is -1.25. The summed E-state index contributed by atoms with van der Waals surface area (Å²) in [5.74, 6) is -4.60. The summed E-state index contributed by atoms with van der Waals surface area (Å²) in [5, 5.41) is 2.60. The van der Waals surface area contributed by atoms with Crippen molar-refractivity contribution in [1.29, 1.82) is 0 Å². The van der Waals surface area contributed by atoms with Crippen molar-refractivity contribution < 1.29 is 23.2 Å². The first-order valence-electron chi connectivity index (χ1n) is 6.26. The van der Waals surface area contributed by atoms with Crippen LogP contribution in [0.1, 0.15) is 31.1 Å². The molecule has 0 aliphatic carbocycles. The highest BCUT2D eigenvalue weighted by Gasteiger charge is 2.39. The van der Waals surface area contributed by atoms with E-state index >= 15 is 0 Å². The van der Waals surface area contributed by atoms with Gasteiger partial charge in [-0.05, 0) is 26.8 Å². The standard InChI is InChI=1S/C14H14F2N2O3/c1-14(2,3)17-10(19)6-18-11-8(12(20)13(18)21)4-7(15)5-9(11)16/h4-5H,6H2,1-3H3,(H,17,19). The van der Waals surface area contributed by atoms with Crippen LogP contribution in [0.25, 0.3) is 0 Å². The number of carbonyl (C=O) groups is 3. The Labute approximate surface area is 119 Å². The van der Waals surface area contributed by atoms with Crippen molar-refractivity contribution in [3.05, 3.63) is 29.3 Å². The van der Waals surface area contributed by atoms with E-state index in [1.54, 1.807) is 20.8 Å². The molecule has 7 heteroatoms. The molecule has 0 saturated carbocycles. The van der Waals surface area contributed by atoms with Gasteiger partial charge in [0.25, 0.3) is 11.7 Å². The Balaban J connectivity index is 2.34. The number of rotatable bonds is 2. The van der Waals surface area contributed by atoms with Crippen LogP contribution in [0, 0.1) is 11.6 Å². The third-order valence-corrected chi connectivity index (χ3v) is 2.80. The molecular weight excluding hydrogens is 282 g/mol. The van der Waals surface area contributed by atoms with Crippen molar-refractivity contribution >= 4 is 23.3 Å². The number of hydrogen-bond acceptors (Lipinski definition) is 3. The molecule has 0 aromatic heterocycles. The van der Waals surface area contributed by atoms with E-state index in [1.165, 1.54) is 0 Å². The maximum atomic E-state index is 13.8. The number of carbonyl (C=O) groups excluding carboxylic acids is 3. The van der Waals surface area contributed by atoms with Crippen molar-refractivity contribution in [2.45, 2.75) is 26.3 Å². The first-order chi connectivity index (χ1) is 9.60. The fourth-order valence-electron chi connectivity index (χ4n) is 2.10. The lowest BCUT2D eigenvalue weighted by Gasteiger charge is -2.23. The second kappa shape index (κ2) is 4.91. The lowest BCUT2D eigenvalue weighted by Crippen LogP contribution is -2.47. The van der Waals surface area contributed by atoms with Gasteiger partial charge < -0.3 is 5.32 Å². The molecular formula is C14H14F2N2O3. The molecule has 0 atom stereocenters. The number of halogens is 2. The van der Waals surface area contributed by atoms with Crippen LogP contribution in [0.2, 0.25) is 0 Å². The monoisotopic (exact) mass is 296 g/mol. The molecule has 1 heterocycles. The minimum absolute atomic E-state index is 0.351. The Kier molecular flexibility index (Phi) is 3.52. The van der Waals surface area contributed by atoms with E-state index < -0.39 is 41.3 Å². The van der Waals surface area contributed by atoms with Gasteiger partial charge in [-0.15, -0.1) is 0 Å². The van der Waals surface area contributed by atoms with E-state index in [1.807, 2.05) is 0 Å². The molecule has 112 valence electrons. The van der Waals surface area contributed by atoms with Crippen LogP contribution in [0.4, 0.5) is 14.5 Å². The highest BCUT2D eigenvalue weighted by Crippen LogP contribution is 2.32. The Morgan fingerprint density at radius 3 is 2.43 bits per heavy atom. The summed E-state index contributed by atoms with van der Waals surface area (Å²) in [7, 11) is 0. The van der Waals surface area contributed by atoms with Gasteiger partial charge in [-0.3, -0.25) is 19.3 Å². The van der Waals surface area contributed by atoms with Gasteiger partial charge in [-0.2, -0.15) is 0 Å². The van der Waals surface area contributed by atoms with E-state index in [2.05, 4.69) is 5.32 Å². The summed E-state index contributed by atoms with van der Waals surface area (Å²) in [6, 6.07) is 1.36. The molecule has 2 rings (SSSR count). The Morgan fingerprint density at radius 1 is 1.24 bits per heavy atom. The molecule has 0 fully saturated rings. The van der Waals surface area contributed by atoms with Gasteiger partial charge in [0.15, 0.2) is 5.82 Å². The number of hydrogen-bond donors (Lipinski definition) is 1. The number of fused-ring (bicyclic) bond motifs is 1. The lowest BCUT2D eigenvalue weighted by molar-refractivity contribution is -0.123. The van der Waals surface area contributed by atoms with Gasteiger partial charge in [-0.25, -0.2) is 8.78 Å². The molecule has 1 N–H and O–H groups in total. The van der Waals surface area contributed by atoms with Crippen molar-refractivity contribution in [2.24, 2.45) is 0 Å². The molecule has 0 radical (unpaired) electrons. The Hall–Kier alpha value is -2.31. The SMILES string of the molecule is CC(C)(C)NC(=O)CN1C(=O)C(=O)c2cc(F)cc(F)c21. The maximum Gasteiger partial charge on any atom is 0.300 e. The Bertz CT molecular complexity index is 650. The highest BCUT2D eigenvalue weighted by atomic mass is 19.1. The predicted molar refractivity (Wildman–Crippen MR) is 70.9 cm³/mol. The third-order valence-electron chi connectivity index (χ3n) is 2.80. The second-order valence-electron chi connectivity index (χ2n) is 5.80. The molecule has 1 aromatic carbocycles. The van der Waals surface area contributed by atoms with Gasteiger partial charge in [0, 0.05) is 11.6 Å². The molecule has 21 heavy (non-hydrogen) atoms. The number of nitrogens with zero attached hydrogens (tertiary/aromatic N) is 1. The van der Waals surface area contributed by atoms with Crippen LogP contribution in [0.15, 0.2) is 12.1 Å². The largest absolute Gasteiger partial charge is 0.350 e. The van der Waals surface area contributed by atoms with Crippen molar-refractivity contribution in [3.8, 4) is 0 Å². The summed E-state index contributed by atoms with van der Waals surface area (Å²) in [6.45, 7) is 4.72. The average molecular weight is 296 g/mol. The minimum atomic E-state index is -1.05.